The molecule has 0 bridgehead atoms. The van der Waals surface area contributed by atoms with E-state index in [1.807, 2.05) is 11.3 Å². The number of fused-ring (bicyclic) bond motifs is 9. The van der Waals surface area contributed by atoms with Crippen molar-refractivity contribution in [1.82, 2.24) is 0 Å². The Morgan fingerprint density at radius 2 is 0.943 bits per heavy atom. The molecule has 0 saturated carbocycles. The number of rotatable bonds is 5. The Labute approximate surface area is 312 Å². The van der Waals surface area contributed by atoms with E-state index in [1.165, 1.54) is 92.2 Å². The van der Waals surface area contributed by atoms with Crippen LogP contribution in [-0.2, 0) is 5.41 Å². The first-order valence-corrected chi connectivity index (χ1v) is 19.1. The summed E-state index contributed by atoms with van der Waals surface area (Å²) in [5.41, 5.74) is 10.7. The highest BCUT2D eigenvalue weighted by atomic mass is 32.1. The third-order valence-corrected chi connectivity index (χ3v) is 12.4. The van der Waals surface area contributed by atoms with Gasteiger partial charge in [0.2, 0.25) is 0 Å². The van der Waals surface area contributed by atoms with Crippen LogP contribution in [0.2, 0.25) is 0 Å². The third kappa shape index (κ3) is 4.30. The summed E-state index contributed by atoms with van der Waals surface area (Å²) in [5, 5.41) is 7.54. The van der Waals surface area contributed by atoms with Gasteiger partial charge in [-0.3, -0.25) is 0 Å². The van der Waals surface area contributed by atoms with Gasteiger partial charge in [-0.15, -0.1) is 11.3 Å². The molecule has 1 nitrogen and oxygen atoms in total. The lowest BCUT2D eigenvalue weighted by molar-refractivity contribution is 0.768. The minimum Gasteiger partial charge on any atom is -0.309 e. The van der Waals surface area contributed by atoms with E-state index in [0.717, 1.165) is 0 Å². The van der Waals surface area contributed by atoms with Gasteiger partial charge in [0.05, 0.1) is 22.5 Å². The van der Waals surface area contributed by atoms with Crippen molar-refractivity contribution in [3.63, 3.8) is 0 Å². The van der Waals surface area contributed by atoms with Crippen molar-refractivity contribution in [3.05, 3.63) is 222 Å². The lowest BCUT2D eigenvalue weighted by atomic mass is 9.68. The largest absolute Gasteiger partial charge is 0.309 e. The fourth-order valence-corrected chi connectivity index (χ4v) is 10.3. The van der Waals surface area contributed by atoms with Gasteiger partial charge < -0.3 is 4.90 Å². The van der Waals surface area contributed by atoms with E-state index in [0.29, 0.717) is 0 Å². The molecule has 1 aliphatic rings. The average molecular weight is 692 g/mol. The number of benzene rings is 9. The molecule has 0 spiro atoms. The maximum absolute atomic E-state index is 2.58. The molecule has 1 heterocycles. The molecule has 0 amide bonds. The van der Waals surface area contributed by atoms with E-state index in [9.17, 15) is 0 Å². The summed E-state index contributed by atoms with van der Waals surface area (Å²) in [6.07, 6.45) is 0. The zero-order chi connectivity index (χ0) is 34.9. The number of anilines is 3. The first-order chi connectivity index (χ1) is 26.3. The third-order valence-electron chi connectivity index (χ3n) is 11.3. The van der Waals surface area contributed by atoms with Crippen LogP contribution < -0.4 is 4.90 Å². The van der Waals surface area contributed by atoms with Gasteiger partial charge in [0.1, 0.15) is 0 Å². The highest BCUT2D eigenvalue weighted by Crippen LogP contribution is 2.60. The van der Waals surface area contributed by atoms with E-state index in [-0.39, 0.29) is 0 Å². The van der Waals surface area contributed by atoms with Crippen LogP contribution >= 0.6 is 11.3 Å². The summed E-state index contributed by atoms with van der Waals surface area (Å²) in [4.78, 5) is 2.58. The zero-order valence-electron chi connectivity index (χ0n) is 28.9. The summed E-state index contributed by atoms with van der Waals surface area (Å²) in [6.45, 7) is 0. The molecule has 0 N–H and O–H groups in total. The quantitative estimate of drug-likeness (QED) is 0.162. The smallest absolute Gasteiger partial charge is 0.0714 e. The molecule has 0 saturated heterocycles. The molecule has 0 fully saturated rings. The normalized spacial score (nSPS) is 13.1. The lowest BCUT2D eigenvalue weighted by Crippen LogP contribution is -2.28. The second-order valence-electron chi connectivity index (χ2n) is 14.0. The first kappa shape index (κ1) is 30.2. The second-order valence-corrected chi connectivity index (χ2v) is 15.1. The monoisotopic (exact) mass is 691 g/mol. The van der Waals surface area contributed by atoms with Crippen molar-refractivity contribution < 1.29 is 0 Å². The number of hydrogen-bond donors (Lipinski definition) is 0. The predicted molar refractivity (Wildman–Crippen MR) is 226 cm³/mol. The van der Waals surface area contributed by atoms with Crippen LogP contribution in [0.1, 0.15) is 22.3 Å². The molecule has 1 aliphatic carbocycles. The second kappa shape index (κ2) is 11.8. The van der Waals surface area contributed by atoms with E-state index < -0.39 is 5.41 Å². The first-order valence-electron chi connectivity index (χ1n) is 18.3. The fourth-order valence-electron chi connectivity index (χ4n) is 9.21. The molecular weight excluding hydrogens is 659 g/mol. The Bertz CT molecular complexity index is 2970. The Hall–Kier alpha value is -6.48. The minimum atomic E-state index is -0.497. The van der Waals surface area contributed by atoms with Gasteiger partial charge >= 0.3 is 0 Å². The van der Waals surface area contributed by atoms with E-state index >= 15 is 0 Å². The van der Waals surface area contributed by atoms with Gasteiger partial charge in [-0.1, -0.05) is 170 Å². The van der Waals surface area contributed by atoms with Gasteiger partial charge in [-0.25, -0.2) is 0 Å². The lowest BCUT2D eigenvalue weighted by Gasteiger charge is -2.34. The molecule has 248 valence electrons. The molecule has 9 aromatic carbocycles. The van der Waals surface area contributed by atoms with Crippen LogP contribution in [0.25, 0.3) is 52.8 Å². The van der Waals surface area contributed by atoms with Gasteiger partial charge in [-0.05, 0) is 74.3 Å². The summed E-state index contributed by atoms with van der Waals surface area (Å²) in [5.74, 6) is 0. The zero-order valence-corrected chi connectivity index (χ0v) is 29.7. The van der Waals surface area contributed by atoms with Crippen molar-refractivity contribution in [1.29, 1.82) is 0 Å². The number of nitrogens with zero attached hydrogens (tertiary/aromatic N) is 1. The number of hydrogen-bond acceptors (Lipinski definition) is 2. The predicted octanol–water partition coefficient (Wildman–Crippen LogP) is 14.2. The summed E-state index contributed by atoms with van der Waals surface area (Å²) < 4.78 is 2.59. The topological polar surface area (TPSA) is 3.24 Å². The van der Waals surface area contributed by atoms with Crippen LogP contribution in [0.5, 0.6) is 0 Å². The van der Waals surface area contributed by atoms with Crippen LogP contribution in [0.4, 0.5) is 17.1 Å². The SMILES string of the molecule is c1ccc(C2(c3ccccc3)c3ccccc3-c3c(N(c4cc5ccccc5c5ccccc45)c4cccc5sc6ccccc6c45)cccc32)cc1. The van der Waals surface area contributed by atoms with Crippen molar-refractivity contribution in [2.45, 2.75) is 5.41 Å². The van der Waals surface area contributed by atoms with Crippen LogP contribution in [0.3, 0.4) is 0 Å². The highest BCUT2D eigenvalue weighted by molar-refractivity contribution is 7.26. The molecular formula is C51H33NS. The van der Waals surface area contributed by atoms with E-state index in [1.54, 1.807) is 0 Å². The van der Waals surface area contributed by atoms with Crippen LogP contribution in [0, 0.1) is 0 Å². The molecule has 53 heavy (non-hydrogen) atoms. The van der Waals surface area contributed by atoms with Gasteiger partial charge in [0, 0.05) is 31.1 Å². The van der Waals surface area contributed by atoms with E-state index in [4.69, 9.17) is 0 Å². The van der Waals surface area contributed by atoms with E-state index in [2.05, 4.69) is 205 Å². The fraction of sp³-hybridized carbons (Fsp3) is 0.0196. The molecule has 10 aromatic rings. The standard InChI is InChI=1S/C51H33NS/c1-3-18-35(19-4-1)51(36-20-5-2-6-21-36)42-27-13-11-25-40(42)49-43(51)28-15-29-44(49)52(45-30-16-32-48-50(45)41-26-12-14-31-47(41)53-48)46-33-34-17-7-8-22-37(34)38-23-9-10-24-39(38)46/h1-33H. The Balaban J connectivity index is 1.32. The summed E-state index contributed by atoms with van der Waals surface area (Å²) in [6, 6.07) is 74.1. The van der Waals surface area contributed by atoms with Crippen molar-refractivity contribution in [2.24, 2.45) is 0 Å². The van der Waals surface area contributed by atoms with Gasteiger partial charge in [-0.2, -0.15) is 0 Å². The Morgan fingerprint density at radius 1 is 0.377 bits per heavy atom. The Morgan fingerprint density at radius 3 is 1.74 bits per heavy atom. The van der Waals surface area contributed by atoms with Gasteiger partial charge in [0.15, 0.2) is 0 Å². The van der Waals surface area contributed by atoms with Crippen molar-refractivity contribution in [3.8, 4) is 11.1 Å². The number of thiophene rings is 1. The minimum absolute atomic E-state index is 0.497. The molecule has 0 radical (unpaired) electrons. The maximum atomic E-state index is 2.58. The molecule has 2 heteroatoms. The summed E-state index contributed by atoms with van der Waals surface area (Å²) in [7, 11) is 0. The van der Waals surface area contributed by atoms with Crippen molar-refractivity contribution in [2.75, 3.05) is 4.90 Å². The van der Waals surface area contributed by atoms with Crippen molar-refractivity contribution >= 4 is 70.1 Å². The van der Waals surface area contributed by atoms with Gasteiger partial charge in [0.25, 0.3) is 0 Å². The van der Waals surface area contributed by atoms with Crippen LogP contribution in [-0.4, -0.2) is 0 Å². The molecule has 11 rings (SSSR count). The Kier molecular flexibility index (Phi) is 6.71. The summed E-state index contributed by atoms with van der Waals surface area (Å²) >= 11 is 1.87. The molecule has 1 aromatic heterocycles. The van der Waals surface area contributed by atoms with Crippen LogP contribution in [0.15, 0.2) is 200 Å². The average Bonchev–Trinajstić information content (AvgIpc) is 3.77. The highest BCUT2D eigenvalue weighted by Gasteiger charge is 2.47. The molecule has 0 atom stereocenters. The molecule has 0 aliphatic heterocycles. The molecule has 0 unspecified atom stereocenters. The maximum Gasteiger partial charge on any atom is 0.0714 e.